The van der Waals surface area contributed by atoms with Gasteiger partial charge in [-0.05, 0) is 57.4 Å². The van der Waals surface area contributed by atoms with Crippen molar-refractivity contribution in [2.24, 2.45) is 0 Å². The molecule has 1 aliphatic carbocycles. The first kappa shape index (κ1) is 14.0. The van der Waals surface area contributed by atoms with Crippen molar-refractivity contribution in [2.75, 3.05) is 6.54 Å². The summed E-state index contributed by atoms with van der Waals surface area (Å²) in [7, 11) is 0. The van der Waals surface area contributed by atoms with Gasteiger partial charge in [0.2, 0.25) is 0 Å². The largest absolute Gasteiger partial charge is 0.489 e. The van der Waals surface area contributed by atoms with Crippen LogP contribution in [-0.4, -0.2) is 18.7 Å². The lowest BCUT2D eigenvalue weighted by molar-refractivity contribution is 0.207. The van der Waals surface area contributed by atoms with Crippen molar-refractivity contribution in [3.63, 3.8) is 0 Å². The average molecular weight is 288 g/mol. The second-order valence-corrected chi connectivity index (χ2v) is 5.72. The number of nitrogens with one attached hydrogen (secondary N) is 1. The van der Waals surface area contributed by atoms with Crippen molar-refractivity contribution in [1.29, 1.82) is 0 Å². The van der Waals surface area contributed by atoms with Gasteiger partial charge in [0.15, 0.2) is 0 Å². The molecular weight excluding hydrogens is 269 g/mol. The lowest BCUT2D eigenvalue weighted by Gasteiger charge is -2.16. The number of halogens is 2. The Labute approximate surface area is 119 Å². The quantitative estimate of drug-likeness (QED) is 0.756. The Morgan fingerprint density at radius 2 is 2.17 bits per heavy atom. The van der Waals surface area contributed by atoms with Crippen molar-refractivity contribution in [1.82, 2.24) is 5.32 Å². The van der Waals surface area contributed by atoms with E-state index in [1.165, 1.54) is 12.8 Å². The predicted octanol–water partition coefficient (Wildman–Crippen LogP) is 4.29. The molecule has 0 aromatic heterocycles. The second-order valence-electron chi connectivity index (χ2n) is 4.87. The number of rotatable bonds is 7. The Bertz CT molecular complexity index is 393. The molecule has 2 nitrogen and oxygen atoms in total. The Balaban J connectivity index is 1.70. The van der Waals surface area contributed by atoms with E-state index in [0.29, 0.717) is 15.8 Å². The highest BCUT2D eigenvalue weighted by Crippen LogP contribution is 2.28. The van der Waals surface area contributed by atoms with Gasteiger partial charge >= 0.3 is 0 Å². The molecule has 0 radical (unpaired) electrons. The van der Waals surface area contributed by atoms with E-state index in [0.717, 1.165) is 25.4 Å². The molecule has 4 heteroatoms. The zero-order valence-electron chi connectivity index (χ0n) is 10.6. The Hall–Kier alpha value is -0.440. The van der Waals surface area contributed by atoms with Gasteiger partial charge in [0.05, 0.1) is 11.1 Å². The lowest BCUT2D eigenvalue weighted by atomic mass is 10.2. The van der Waals surface area contributed by atoms with E-state index in [4.69, 9.17) is 27.9 Å². The summed E-state index contributed by atoms with van der Waals surface area (Å²) in [5, 5.41) is 4.70. The maximum absolute atomic E-state index is 6.06. The van der Waals surface area contributed by atoms with Crippen molar-refractivity contribution in [2.45, 2.75) is 44.8 Å². The third-order valence-corrected chi connectivity index (χ3v) is 3.55. The normalized spacial score (nSPS) is 16.6. The summed E-state index contributed by atoms with van der Waals surface area (Å²) in [5.41, 5.74) is 0. The molecule has 100 valence electrons. The van der Waals surface area contributed by atoms with Crippen LogP contribution in [0.3, 0.4) is 0 Å². The molecule has 2 rings (SSSR count). The van der Waals surface area contributed by atoms with Crippen molar-refractivity contribution in [3.8, 4) is 5.75 Å². The Morgan fingerprint density at radius 3 is 2.83 bits per heavy atom. The number of hydrogen-bond donors (Lipinski definition) is 1. The maximum Gasteiger partial charge on any atom is 0.138 e. The van der Waals surface area contributed by atoms with Crippen LogP contribution in [0.15, 0.2) is 18.2 Å². The fourth-order valence-electron chi connectivity index (χ4n) is 1.83. The van der Waals surface area contributed by atoms with Gasteiger partial charge in [-0.1, -0.05) is 23.2 Å². The van der Waals surface area contributed by atoms with Gasteiger partial charge in [-0.3, -0.25) is 0 Å². The third kappa shape index (κ3) is 4.68. The molecule has 0 amide bonds. The molecular formula is C14H19Cl2NO. The summed E-state index contributed by atoms with van der Waals surface area (Å²) in [4.78, 5) is 0. The topological polar surface area (TPSA) is 21.3 Å². The first-order valence-corrected chi connectivity index (χ1v) is 7.26. The van der Waals surface area contributed by atoms with Crippen molar-refractivity contribution in [3.05, 3.63) is 28.2 Å². The number of hydrogen-bond acceptors (Lipinski definition) is 2. The van der Waals surface area contributed by atoms with E-state index in [-0.39, 0.29) is 6.10 Å². The summed E-state index contributed by atoms with van der Waals surface area (Å²) in [5.74, 6) is 0.712. The number of benzene rings is 1. The first-order valence-electron chi connectivity index (χ1n) is 6.50. The van der Waals surface area contributed by atoms with Crippen LogP contribution in [0, 0.1) is 0 Å². The number of ether oxygens (including phenoxy) is 1. The standard InChI is InChI=1S/C14H19Cl2NO/c1-10(3-2-8-17-12-5-6-12)18-14-7-4-11(15)9-13(14)16/h4,7,9-10,12,17H,2-3,5-6,8H2,1H3. The van der Waals surface area contributed by atoms with Gasteiger partial charge in [0.1, 0.15) is 5.75 Å². The smallest absolute Gasteiger partial charge is 0.138 e. The molecule has 18 heavy (non-hydrogen) atoms. The van der Waals surface area contributed by atoms with E-state index in [9.17, 15) is 0 Å². The van der Waals surface area contributed by atoms with Crippen LogP contribution in [0.5, 0.6) is 5.75 Å². The minimum Gasteiger partial charge on any atom is -0.489 e. The fourth-order valence-corrected chi connectivity index (χ4v) is 2.28. The van der Waals surface area contributed by atoms with Gasteiger partial charge in [-0.25, -0.2) is 0 Å². The summed E-state index contributed by atoms with van der Waals surface area (Å²) in [6, 6.07) is 6.11. The summed E-state index contributed by atoms with van der Waals surface area (Å²) in [6.07, 6.45) is 5.00. The Morgan fingerprint density at radius 1 is 1.39 bits per heavy atom. The van der Waals surface area contributed by atoms with Crippen molar-refractivity contribution >= 4 is 23.2 Å². The monoisotopic (exact) mass is 287 g/mol. The van der Waals surface area contributed by atoms with Crippen LogP contribution < -0.4 is 10.1 Å². The zero-order valence-corrected chi connectivity index (χ0v) is 12.1. The molecule has 1 fully saturated rings. The minimum absolute atomic E-state index is 0.171. The summed E-state index contributed by atoms with van der Waals surface area (Å²) >= 11 is 11.9. The van der Waals surface area contributed by atoms with Gasteiger partial charge in [0.25, 0.3) is 0 Å². The molecule has 0 aliphatic heterocycles. The molecule has 0 spiro atoms. The van der Waals surface area contributed by atoms with E-state index in [2.05, 4.69) is 12.2 Å². The van der Waals surface area contributed by atoms with E-state index in [1.807, 2.05) is 6.07 Å². The highest BCUT2D eigenvalue weighted by atomic mass is 35.5. The maximum atomic E-state index is 6.06. The molecule has 1 aromatic rings. The molecule has 1 aromatic carbocycles. The van der Waals surface area contributed by atoms with Gasteiger partial charge in [0, 0.05) is 11.1 Å². The Kier molecular flexibility index (Phi) is 5.16. The molecule has 0 bridgehead atoms. The first-order chi connectivity index (χ1) is 8.65. The van der Waals surface area contributed by atoms with E-state index >= 15 is 0 Å². The minimum atomic E-state index is 0.171. The van der Waals surface area contributed by atoms with Crippen LogP contribution >= 0.6 is 23.2 Å². The molecule has 1 atom stereocenters. The molecule has 0 saturated heterocycles. The second kappa shape index (κ2) is 6.65. The van der Waals surface area contributed by atoms with Crippen LogP contribution in [0.25, 0.3) is 0 Å². The highest BCUT2D eigenvalue weighted by Gasteiger charge is 2.19. The predicted molar refractivity (Wildman–Crippen MR) is 76.8 cm³/mol. The van der Waals surface area contributed by atoms with Crippen LogP contribution in [0.4, 0.5) is 0 Å². The van der Waals surface area contributed by atoms with Crippen LogP contribution in [-0.2, 0) is 0 Å². The SMILES string of the molecule is CC(CCCNC1CC1)Oc1ccc(Cl)cc1Cl. The van der Waals surface area contributed by atoms with Gasteiger partial charge in [-0.15, -0.1) is 0 Å². The zero-order chi connectivity index (χ0) is 13.0. The van der Waals surface area contributed by atoms with Crippen LogP contribution in [0.1, 0.15) is 32.6 Å². The fraction of sp³-hybridized carbons (Fsp3) is 0.571. The van der Waals surface area contributed by atoms with Gasteiger partial charge < -0.3 is 10.1 Å². The van der Waals surface area contributed by atoms with E-state index < -0.39 is 0 Å². The van der Waals surface area contributed by atoms with Gasteiger partial charge in [-0.2, -0.15) is 0 Å². The van der Waals surface area contributed by atoms with Crippen LogP contribution in [0.2, 0.25) is 10.0 Å². The summed E-state index contributed by atoms with van der Waals surface area (Å²) in [6.45, 7) is 3.15. The van der Waals surface area contributed by atoms with E-state index in [1.54, 1.807) is 12.1 Å². The molecule has 1 N–H and O–H groups in total. The molecule has 1 unspecified atom stereocenters. The average Bonchev–Trinajstić information content (AvgIpc) is 3.12. The molecule has 0 heterocycles. The highest BCUT2D eigenvalue weighted by molar-refractivity contribution is 6.35. The summed E-state index contributed by atoms with van der Waals surface area (Å²) < 4.78 is 5.80. The third-order valence-electron chi connectivity index (χ3n) is 3.02. The van der Waals surface area contributed by atoms with Crippen molar-refractivity contribution < 1.29 is 4.74 Å². The lowest BCUT2D eigenvalue weighted by Crippen LogP contribution is -2.20. The molecule has 1 saturated carbocycles. The molecule has 1 aliphatic rings.